The number of nitrogens with one attached hydrogen (secondary N) is 2. The van der Waals surface area contributed by atoms with E-state index in [0.29, 0.717) is 65.6 Å². The Morgan fingerprint density at radius 2 is 1.89 bits per heavy atom. The molecule has 10 heteroatoms. The summed E-state index contributed by atoms with van der Waals surface area (Å²) in [4.78, 5) is 49.6. The lowest BCUT2D eigenvalue weighted by atomic mass is 10.0. The topological polar surface area (TPSA) is 117 Å². The van der Waals surface area contributed by atoms with E-state index in [9.17, 15) is 14.4 Å². The fourth-order valence-electron chi connectivity index (χ4n) is 4.92. The Balaban J connectivity index is 1.35. The summed E-state index contributed by atoms with van der Waals surface area (Å²) in [5.74, 6) is 0.776. The van der Waals surface area contributed by atoms with Crippen molar-refractivity contribution in [3.05, 3.63) is 65.5 Å². The van der Waals surface area contributed by atoms with Crippen molar-refractivity contribution in [1.82, 2.24) is 14.9 Å². The zero-order chi connectivity index (χ0) is 25.2. The van der Waals surface area contributed by atoms with Gasteiger partial charge in [0.1, 0.15) is 6.17 Å². The van der Waals surface area contributed by atoms with Crippen LogP contribution in [0.1, 0.15) is 58.1 Å². The highest BCUT2D eigenvalue weighted by atomic mass is 16.5. The van der Waals surface area contributed by atoms with Crippen molar-refractivity contribution in [1.29, 1.82) is 0 Å². The minimum Gasteiger partial charge on any atom is -0.493 e. The van der Waals surface area contributed by atoms with Crippen LogP contribution in [-0.4, -0.2) is 53.4 Å². The molecule has 2 aliphatic heterocycles. The first-order valence-electron chi connectivity index (χ1n) is 11.8. The predicted molar refractivity (Wildman–Crippen MR) is 132 cm³/mol. The number of fused-ring (bicyclic) bond motifs is 5. The third kappa shape index (κ3) is 3.94. The van der Waals surface area contributed by atoms with Crippen LogP contribution in [0.3, 0.4) is 0 Å². The number of rotatable bonds is 9. The Morgan fingerprint density at radius 1 is 1.06 bits per heavy atom. The summed E-state index contributed by atoms with van der Waals surface area (Å²) >= 11 is 0. The van der Waals surface area contributed by atoms with E-state index in [4.69, 9.17) is 9.47 Å². The number of carbonyl (C=O) groups is 3. The van der Waals surface area contributed by atoms with Crippen molar-refractivity contribution >= 4 is 29.4 Å². The van der Waals surface area contributed by atoms with E-state index < -0.39 is 6.17 Å². The van der Waals surface area contributed by atoms with Gasteiger partial charge in [0.25, 0.3) is 11.8 Å². The Labute approximate surface area is 208 Å². The number of anilines is 2. The highest BCUT2D eigenvalue weighted by Crippen LogP contribution is 2.49. The summed E-state index contributed by atoms with van der Waals surface area (Å²) < 4.78 is 11.0. The molecule has 3 aromatic rings. The van der Waals surface area contributed by atoms with Crippen LogP contribution in [0.15, 0.2) is 48.8 Å². The lowest BCUT2D eigenvalue weighted by Gasteiger charge is -2.41. The van der Waals surface area contributed by atoms with Crippen LogP contribution in [-0.2, 0) is 4.79 Å². The third-order valence-corrected chi connectivity index (χ3v) is 6.54. The molecule has 2 aliphatic rings. The third-order valence-electron chi connectivity index (χ3n) is 6.54. The largest absolute Gasteiger partial charge is 0.493 e. The number of amides is 3. The second kappa shape index (κ2) is 9.73. The molecule has 2 N–H and O–H groups in total. The minimum atomic E-state index is -0.572. The molecule has 0 saturated carbocycles. The van der Waals surface area contributed by atoms with Gasteiger partial charge in [0.2, 0.25) is 11.9 Å². The van der Waals surface area contributed by atoms with Crippen LogP contribution >= 0.6 is 0 Å². The number of imidazole rings is 1. The summed E-state index contributed by atoms with van der Waals surface area (Å²) in [6, 6.07) is 10.7. The van der Waals surface area contributed by atoms with Gasteiger partial charge in [-0.3, -0.25) is 24.6 Å². The summed E-state index contributed by atoms with van der Waals surface area (Å²) in [5.41, 5.74) is 2.18. The van der Waals surface area contributed by atoms with Crippen LogP contribution in [0, 0.1) is 0 Å². The summed E-state index contributed by atoms with van der Waals surface area (Å²) in [6.07, 6.45) is 5.09. The van der Waals surface area contributed by atoms with Gasteiger partial charge in [-0.1, -0.05) is 24.6 Å². The normalized spacial score (nSPS) is 15.9. The van der Waals surface area contributed by atoms with Crippen LogP contribution in [0.4, 0.5) is 11.6 Å². The molecule has 3 heterocycles. The van der Waals surface area contributed by atoms with Crippen molar-refractivity contribution in [2.75, 3.05) is 31.0 Å². The van der Waals surface area contributed by atoms with E-state index in [-0.39, 0.29) is 17.7 Å². The summed E-state index contributed by atoms with van der Waals surface area (Å²) in [7, 11) is 3.03. The molecule has 1 unspecified atom stereocenters. The van der Waals surface area contributed by atoms with Crippen molar-refractivity contribution in [2.45, 2.75) is 31.8 Å². The molecule has 0 radical (unpaired) electrons. The van der Waals surface area contributed by atoms with Crippen LogP contribution in [0.5, 0.6) is 11.5 Å². The molecule has 5 rings (SSSR count). The Morgan fingerprint density at radius 3 is 2.64 bits per heavy atom. The Kier molecular flexibility index (Phi) is 6.32. The van der Waals surface area contributed by atoms with Gasteiger partial charge >= 0.3 is 0 Å². The first-order valence-corrected chi connectivity index (χ1v) is 11.8. The van der Waals surface area contributed by atoms with Crippen molar-refractivity contribution in [3.63, 3.8) is 0 Å². The number of ether oxygens (including phenoxy) is 2. The van der Waals surface area contributed by atoms with E-state index >= 15 is 0 Å². The molecule has 0 spiro atoms. The van der Waals surface area contributed by atoms with E-state index in [1.165, 1.54) is 14.2 Å². The van der Waals surface area contributed by atoms with Crippen LogP contribution < -0.4 is 19.7 Å². The number of hydrogen-bond acceptors (Lipinski definition) is 6. The highest BCUT2D eigenvalue weighted by molar-refractivity contribution is 6.18. The number of nitrogens with zero attached hydrogens (tertiary/aromatic N) is 3. The lowest BCUT2D eigenvalue weighted by Crippen LogP contribution is -2.48. The van der Waals surface area contributed by atoms with Gasteiger partial charge < -0.3 is 19.4 Å². The number of aromatic amines is 1. The SMILES string of the molecule is COc1ccc2c(c1OC)C(=O)N1c3ccccc3C(=O)N(CCCCCC(=O)Nc3ncc[nH]3)C21. The van der Waals surface area contributed by atoms with Gasteiger partial charge in [0.05, 0.1) is 31.0 Å². The molecule has 1 aromatic heterocycles. The van der Waals surface area contributed by atoms with Crippen molar-refractivity contribution < 1.29 is 23.9 Å². The number of unbranched alkanes of at least 4 members (excludes halogenated alkanes) is 2. The quantitative estimate of drug-likeness (QED) is 0.442. The first-order chi connectivity index (χ1) is 17.5. The predicted octanol–water partition coefficient (Wildman–Crippen LogP) is 3.74. The van der Waals surface area contributed by atoms with E-state index in [1.807, 2.05) is 12.1 Å². The lowest BCUT2D eigenvalue weighted by molar-refractivity contribution is -0.116. The molecule has 10 nitrogen and oxygen atoms in total. The van der Waals surface area contributed by atoms with Gasteiger partial charge in [-0.05, 0) is 31.0 Å². The van der Waals surface area contributed by atoms with Crippen LogP contribution in [0.2, 0.25) is 0 Å². The Hall–Kier alpha value is -4.34. The molecule has 0 bridgehead atoms. The second-order valence-electron chi connectivity index (χ2n) is 8.63. The number of benzene rings is 2. The van der Waals surface area contributed by atoms with Gasteiger partial charge in [0, 0.05) is 30.9 Å². The minimum absolute atomic E-state index is 0.115. The summed E-state index contributed by atoms with van der Waals surface area (Å²) in [6.45, 7) is 0.440. The molecule has 0 fully saturated rings. The van der Waals surface area contributed by atoms with Crippen LogP contribution in [0.25, 0.3) is 0 Å². The molecule has 0 aliphatic carbocycles. The van der Waals surface area contributed by atoms with Crippen molar-refractivity contribution in [3.8, 4) is 11.5 Å². The molecular weight excluding hydrogens is 462 g/mol. The van der Waals surface area contributed by atoms with Gasteiger partial charge in [-0.15, -0.1) is 0 Å². The van der Waals surface area contributed by atoms with E-state index in [1.54, 1.807) is 46.5 Å². The van der Waals surface area contributed by atoms with Gasteiger partial charge in [-0.2, -0.15) is 0 Å². The first kappa shape index (κ1) is 23.4. The molecular formula is C26H27N5O5. The Bertz CT molecular complexity index is 1310. The fraction of sp³-hybridized carbons (Fsp3) is 0.308. The maximum atomic E-state index is 13.7. The average Bonchev–Trinajstić information content (AvgIpc) is 3.51. The van der Waals surface area contributed by atoms with Crippen molar-refractivity contribution in [2.24, 2.45) is 0 Å². The molecule has 1 atom stereocenters. The van der Waals surface area contributed by atoms with Gasteiger partial charge in [-0.25, -0.2) is 4.98 Å². The average molecular weight is 490 g/mol. The molecule has 186 valence electrons. The number of methoxy groups -OCH3 is 2. The number of aromatic nitrogens is 2. The maximum Gasteiger partial charge on any atom is 0.264 e. The zero-order valence-electron chi connectivity index (χ0n) is 20.1. The van der Waals surface area contributed by atoms with E-state index in [2.05, 4.69) is 15.3 Å². The zero-order valence-corrected chi connectivity index (χ0v) is 20.1. The molecule has 2 aromatic carbocycles. The fourth-order valence-corrected chi connectivity index (χ4v) is 4.92. The molecule has 36 heavy (non-hydrogen) atoms. The number of para-hydroxylation sites is 1. The number of H-pyrrole nitrogens is 1. The summed E-state index contributed by atoms with van der Waals surface area (Å²) in [5, 5.41) is 2.71. The maximum absolute atomic E-state index is 13.7. The number of hydrogen-bond donors (Lipinski definition) is 2. The monoisotopic (exact) mass is 489 g/mol. The standard InChI is InChI=1S/C26H27N5O5/c1-35-19-12-11-17-21(22(19)36-2)25(34)31-18-9-6-5-8-16(18)24(33)30(23(17)31)15-7-3-4-10-20(32)29-26-27-13-14-28-26/h5-6,8-9,11-14,23H,3-4,7,10,15H2,1-2H3,(H2,27,28,29,32). The molecule has 0 saturated heterocycles. The van der Waals surface area contributed by atoms with E-state index in [0.717, 1.165) is 6.42 Å². The number of carbonyl (C=O) groups excluding carboxylic acids is 3. The highest BCUT2D eigenvalue weighted by Gasteiger charge is 2.49. The molecule has 3 amide bonds. The smallest absolute Gasteiger partial charge is 0.264 e. The van der Waals surface area contributed by atoms with Gasteiger partial charge in [0.15, 0.2) is 11.5 Å². The second-order valence-corrected chi connectivity index (χ2v) is 8.63.